The number of rotatable bonds is 8. The number of benzene rings is 1. The number of halogens is 1. The van der Waals surface area contributed by atoms with Gasteiger partial charge in [0.15, 0.2) is 0 Å². The van der Waals surface area contributed by atoms with Crippen molar-refractivity contribution in [3.8, 4) is 0 Å². The summed E-state index contributed by atoms with van der Waals surface area (Å²) in [5.74, 6) is 0.728. The lowest BCUT2D eigenvalue weighted by Crippen LogP contribution is -2.24. The van der Waals surface area contributed by atoms with Gasteiger partial charge in [0.25, 0.3) is 0 Å². The number of nitrogens with one attached hydrogen (secondary N) is 2. The Morgan fingerprint density at radius 2 is 1.82 bits per heavy atom. The molecule has 0 aromatic heterocycles. The summed E-state index contributed by atoms with van der Waals surface area (Å²) in [4.78, 5) is 0. The summed E-state index contributed by atoms with van der Waals surface area (Å²) >= 11 is 6.07. The third-order valence-corrected chi connectivity index (χ3v) is 2.90. The van der Waals surface area contributed by atoms with E-state index in [2.05, 4.69) is 30.5 Å². The molecule has 3 heteroatoms. The van der Waals surface area contributed by atoms with Gasteiger partial charge in [-0.1, -0.05) is 43.6 Å². The van der Waals surface area contributed by atoms with Crippen LogP contribution in [0, 0.1) is 5.92 Å². The Hall–Kier alpha value is -0.570. The molecule has 17 heavy (non-hydrogen) atoms. The van der Waals surface area contributed by atoms with Crippen molar-refractivity contribution in [3.63, 3.8) is 0 Å². The Kier molecular flexibility index (Phi) is 7.25. The third-order valence-electron chi connectivity index (χ3n) is 2.53. The fourth-order valence-corrected chi connectivity index (χ4v) is 1.80. The molecule has 0 spiro atoms. The second-order valence-corrected chi connectivity index (χ2v) is 5.13. The summed E-state index contributed by atoms with van der Waals surface area (Å²) in [6.45, 7) is 8.50. The van der Waals surface area contributed by atoms with Crippen LogP contribution in [0.15, 0.2) is 24.3 Å². The summed E-state index contributed by atoms with van der Waals surface area (Å²) in [5, 5.41) is 7.68. The summed E-state index contributed by atoms with van der Waals surface area (Å²) in [6, 6.07) is 7.98. The molecule has 1 aromatic carbocycles. The van der Waals surface area contributed by atoms with Gasteiger partial charge in [-0.25, -0.2) is 0 Å². The molecule has 0 aliphatic heterocycles. The first-order valence-electron chi connectivity index (χ1n) is 6.35. The van der Waals surface area contributed by atoms with Crippen LogP contribution in [0.4, 0.5) is 0 Å². The van der Waals surface area contributed by atoms with Crippen LogP contribution in [-0.2, 0) is 6.54 Å². The van der Waals surface area contributed by atoms with Crippen LogP contribution in [0.2, 0.25) is 5.02 Å². The third kappa shape index (κ3) is 6.67. The Morgan fingerprint density at radius 3 is 2.53 bits per heavy atom. The Bertz CT molecular complexity index is 313. The smallest absolute Gasteiger partial charge is 0.0450 e. The molecular weight excluding hydrogens is 232 g/mol. The molecule has 0 aliphatic carbocycles. The fraction of sp³-hybridized carbons (Fsp3) is 0.571. The second-order valence-electron chi connectivity index (χ2n) is 4.72. The number of hydrogen-bond donors (Lipinski definition) is 2. The van der Waals surface area contributed by atoms with Crippen molar-refractivity contribution in [1.82, 2.24) is 10.6 Å². The second kappa shape index (κ2) is 8.51. The lowest BCUT2D eigenvalue weighted by atomic mass is 10.2. The van der Waals surface area contributed by atoms with Gasteiger partial charge in [0, 0.05) is 11.6 Å². The van der Waals surface area contributed by atoms with E-state index in [1.807, 2.05) is 18.2 Å². The zero-order chi connectivity index (χ0) is 12.5. The van der Waals surface area contributed by atoms with Gasteiger partial charge in [-0.05, 0) is 43.6 Å². The molecule has 0 fully saturated rings. The first kappa shape index (κ1) is 14.5. The first-order valence-corrected chi connectivity index (χ1v) is 6.73. The molecule has 96 valence electrons. The topological polar surface area (TPSA) is 24.1 Å². The van der Waals surface area contributed by atoms with Crippen LogP contribution in [0.25, 0.3) is 0 Å². The molecule has 2 N–H and O–H groups in total. The number of hydrogen-bond acceptors (Lipinski definition) is 2. The van der Waals surface area contributed by atoms with E-state index < -0.39 is 0 Å². The molecule has 1 aromatic rings. The van der Waals surface area contributed by atoms with E-state index >= 15 is 0 Å². The minimum atomic E-state index is 0.728. The SMILES string of the molecule is CC(C)CNCCCNCc1ccccc1Cl. The highest BCUT2D eigenvalue weighted by molar-refractivity contribution is 6.31. The first-order chi connectivity index (χ1) is 8.20. The van der Waals surface area contributed by atoms with E-state index in [4.69, 9.17) is 11.6 Å². The van der Waals surface area contributed by atoms with Crippen LogP contribution in [-0.4, -0.2) is 19.6 Å². The zero-order valence-electron chi connectivity index (χ0n) is 10.8. The summed E-state index contributed by atoms with van der Waals surface area (Å²) in [6.07, 6.45) is 1.15. The molecule has 2 nitrogen and oxygen atoms in total. The predicted octanol–water partition coefficient (Wildman–Crippen LogP) is 3.07. The molecule has 0 unspecified atom stereocenters. The van der Waals surface area contributed by atoms with Gasteiger partial charge in [-0.3, -0.25) is 0 Å². The van der Waals surface area contributed by atoms with Crippen molar-refractivity contribution in [1.29, 1.82) is 0 Å². The van der Waals surface area contributed by atoms with Crippen LogP contribution >= 0.6 is 11.6 Å². The highest BCUT2D eigenvalue weighted by Gasteiger charge is 1.97. The molecule has 0 saturated carbocycles. The monoisotopic (exact) mass is 254 g/mol. The van der Waals surface area contributed by atoms with E-state index in [1.54, 1.807) is 0 Å². The molecule has 0 atom stereocenters. The highest BCUT2D eigenvalue weighted by Crippen LogP contribution is 2.13. The van der Waals surface area contributed by atoms with Crippen molar-refractivity contribution < 1.29 is 0 Å². The summed E-state index contributed by atoms with van der Waals surface area (Å²) < 4.78 is 0. The van der Waals surface area contributed by atoms with Crippen LogP contribution in [0.3, 0.4) is 0 Å². The Morgan fingerprint density at radius 1 is 1.12 bits per heavy atom. The Balaban J connectivity index is 2.03. The molecule has 1 rings (SSSR count). The molecule has 0 aliphatic rings. The van der Waals surface area contributed by atoms with Crippen molar-refractivity contribution >= 4 is 11.6 Å². The van der Waals surface area contributed by atoms with E-state index in [0.717, 1.165) is 43.5 Å². The van der Waals surface area contributed by atoms with Crippen LogP contribution in [0.5, 0.6) is 0 Å². The van der Waals surface area contributed by atoms with Gasteiger partial charge in [0.05, 0.1) is 0 Å². The molecule has 0 heterocycles. The zero-order valence-corrected chi connectivity index (χ0v) is 11.6. The van der Waals surface area contributed by atoms with E-state index in [0.29, 0.717) is 0 Å². The summed E-state index contributed by atoms with van der Waals surface area (Å²) in [7, 11) is 0. The van der Waals surface area contributed by atoms with E-state index in [1.165, 1.54) is 5.56 Å². The average molecular weight is 255 g/mol. The minimum Gasteiger partial charge on any atom is -0.316 e. The molecule has 0 saturated heterocycles. The lowest BCUT2D eigenvalue weighted by molar-refractivity contribution is 0.530. The quantitative estimate of drug-likeness (QED) is 0.697. The van der Waals surface area contributed by atoms with Crippen molar-refractivity contribution in [2.75, 3.05) is 19.6 Å². The van der Waals surface area contributed by atoms with Crippen molar-refractivity contribution in [3.05, 3.63) is 34.9 Å². The van der Waals surface area contributed by atoms with E-state index in [9.17, 15) is 0 Å². The van der Waals surface area contributed by atoms with Gasteiger partial charge < -0.3 is 10.6 Å². The molecule has 0 bridgehead atoms. The van der Waals surface area contributed by atoms with Crippen LogP contribution in [0.1, 0.15) is 25.8 Å². The van der Waals surface area contributed by atoms with Crippen molar-refractivity contribution in [2.24, 2.45) is 5.92 Å². The maximum Gasteiger partial charge on any atom is 0.0450 e. The van der Waals surface area contributed by atoms with Crippen LogP contribution < -0.4 is 10.6 Å². The molecule has 0 radical (unpaired) electrons. The standard InChI is InChI=1S/C14H23ClN2/c1-12(2)10-16-8-5-9-17-11-13-6-3-4-7-14(13)15/h3-4,6-7,12,16-17H,5,8-11H2,1-2H3. The predicted molar refractivity (Wildman–Crippen MR) is 75.5 cm³/mol. The van der Waals surface area contributed by atoms with Gasteiger partial charge in [-0.15, -0.1) is 0 Å². The normalized spacial score (nSPS) is 11.1. The highest BCUT2D eigenvalue weighted by atomic mass is 35.5. The maximum absolute atomic E-state index is 6.07. The fourth-order valence-electron chi connectivity index (χ4n) is 1.59. The minimum absolute atomic E-state index is 0.728. The largest absolute Gasteiger partial charge is 0.316 e. The summed E-state index contributed by atoms with van der Waals surface area (Å²) in [5.41, 5.74) is 1.17. The average Bonchev–Trinajstić information content (AvgIpc) is 2.30. The molecular formula is C14H23ClN2. The van der Waals surface area contributed by atoms with E-state index in [-0.39, 0.29) is 0 Å². The molecule has 0 amide bonds. The van der Waals surface area contributed by atoms with Gasteiger partial charge in [-0.2, -0.15) is 0 Å². The lowest BCUT2D eigenvalue weighted by Gasteiger charge is -2.08. The van der Waals surface area contributed by atoms with Crippen molar-refractivity contribution in [2.45, 2.75) is 26.8 Å². The Labute approximate surface area is 110 Å². The van der Waals surface area contributed by atoms with Gasteiger partial charge >= 0.3 is 0 Å². The van der Waals surface area contributed by atoms with Gasteiger partial charge in [0.2, 0.25) is 0 Å². The maximum atomic E-state index is 6.07. The van der Waals surface area contributed by atoms with Gasteiger partial charge in [0.1, 0.15) is 0 Å².